The molecule has 0 aliphatic rings. The van der Waals surface area contributed by atoms with Crippen LogP contribution in [0.3, 0.4) is 0 Å². The third-order valence-corrected chi connectivity index (χ3v) is 1.66. The summed E-state index contributed by atoms with van der Waals surface area (Å²) in [5, 5.41) is 0. The first kappa shape index (κ1) is 11.2. The van der Waals surface area contributed by atoms with Crippen molar-refractivity contribution in [3.8, 4) is 11.8 Å². The van der Waals surface area contributed by atoms with Crippen LogP contribution in [0, 0.1) is 24.7 Å². The first-order valence-electron chi connectivity index (χ1n) is 4.31. The van der Waals surface area contributed by atoms with Gasteiger partial charge in [0.25, 0.3) is 0 Å². The van der Waals surface area contributed by atoms with E-state index in [4.69, 9.17) is 0 Å². The van der Waals surface area contributed by atoms with Gasteiger partial charge in [-0.2, -0.15) is 4.39 Å². The highest BCUT2D eigenvalue weighted by Crippen LogP contribution is 2.04. The van der Waals surface area contributed by atoms with Crippen molar-refractivity contribution in [2.24, 2.45) is 0 Å². The van der Waals surface area contributed by atoms with Gasteiger partial charge in [-0.3, -0.25) is 4.79 Å². The molecule has 1 aromatic heterocycles. The van der Waals surface area contributed by atoms with Crippen LogP contribution in [0.15, 0.2) is 12.3 Å². The zero-order chi connectivity index (χ0) is 11.3. The van der Waals surface area contributed by atoms with Crippen LogP contribution in [0.5, 0.6) is 0 Å². The van der Waals surface area contributed by atoms with Crippen LogP contribution < -0.4 is 0 Å². The van der Waals surface area contributed by atoms with Crippen LogP contribution in [0.1, 0.15) is 17.5 Å². The number of hydrogen-bond donors (Lipinski definition) is 0. The third-order valence-electron chi connectivity index (χ3n) is 1.66. The maximum absolute atomic E-state index is 13.0. The fourth-order valence-corrected chi connectivity index (χ4v) is 0.924. The monoisotopic (exact) mass is 207 g/mol. The molecule has 0 atom stereocenters. The van der Waals surface area contributed by atoms with Gasteiger partial charge in [-0.25, -0.2) is 4.98 Å². The lowest BCUT2D eigenvalue weighted by atomic mass is 10.2. The molecule has 0 spiro atoms. The summed E-state index contributed by atoms with van der Waals surface area (Å²) in [5.41, 5.74) is 1.01. The molecule has 0 N–H and O–H groups in total. The van der Waals surface area contributed by atoms with E-state index in [1.807, 2.05) is 0 Å². The maximum atomic E-state index is 13.0. The number of aryl methyl sites for hydroxylation is 1. The Bertz CT molecular complexity index is 432. The van der Waals surface area contributed by atoms with Gasteiger partial charge in [0.15, 0.2) is 0 Å². The summed E-state index contributed by atoms with van der Waals surface area (Å²) in [7, 11) is 1.28. The van der Waals surface area contributed by atoms with Gasteiger partial charge >= 0.3 is 5.97 Å². The van der Waals surface area contributed by atoms with Crippen molar-refractivity contribution in [1.82, 2.24) is 4.98 Å². The molecule has 0 aliphatic carbocycles. The Labute approximate surface area is 87.3 Å². The van der Waals surface area contributed by atoms with Crippen molar-refractivity contribution in [1.29, 1.82) is 0 Å². The summed E-state index contributed by atoms with van der Waals surface area (Å²) in [5.74, 6) is 3.98. The predicted molar refractivity (Wildman–Crippen MR) is 52.4 cm³/mol. The Morgan fingerprint density at radius 3 is 3.07 bits per heavy atom. The molecule has 3 nitrogen and oxygen atoms in total. The molecule has 0 saturated heterocycles. The van der Waals surface area contributed by atoms with Gasteiger partial charge in [0.05, 0.1) is 12.7 Å². The fraction of sp³-hybridized carbons (Fsp3) is 0.273. The molecule has 0 saturated carbocycles. The van der Waals surface area contributed by atoms with Gasteiger partial charge in [-0.05, 0) is 18.6 Å². The summed E-state index contributed by atoms with van der Waals surface area (Å²) in [6.45, 7) is 1.79. The van der Waals surface area contributed by atoms with Gasteiger partial charge in [0.2, 0.25) is 5.95 Å². The van der Waals surface area contributed by atoms with E-state index in [-0.39, 0.29) is 12.0 Å². The molecule has 78 valence electrons. The van der Waals surface area contributed by atoms with E-state index in [2.05, 4.69) is 21.6 Å². The Morgan fingerprint density at radius 2 is 2.40 bits per heavy atom. The van der Waals surface area contributed by atoms with Crippen LogP contribution in [-0.2, 0) is 9.53 Å². The highest BCUT2D eigenvalue weighted by molar-refractivity contribution is 5.72. The number of methoxy groups -OCH3 is 1. The number of ether oxygens (including phenoxy) is 1. The number of nitrogens with zero attached hydrogens (tertiary/aromatic N) is 1. The van der Waals surface area contributed by atoms with Crippen molar-refractivity contribution >= 4 is 5.97 Å². The van der Waals surface area contributed by atoms with E-state index >= 15 is 0 Å². The first-order valence-corrected chi connectivity index (χ1v) is 4.31. The van der Waals surface area contributed by atoms with Gasteiger partial charge in [-0.15, -0.1) is 0 Å². The second-order valence-corrected chi connectivity index (χ2v) is 2.91. The average Bonchev–Trinajstić information content (AvgIpc) is 2.23. The Hall–Kier alpha value is -1.89. The number of carbonyl (C=O) groups excluding carboxylic acids is 1. The fourth-order valence-electron chi connectivity index (χ4n) is 0.924. The molecule has 0 bridgehead atoms. The summed E-state index contributed by atoms with van der Waals surface area (Å²) in [4.78, 5) is 14.2. The average molecular weight is 207 g/mol. The second-order valence-electron chi connectivity index (χ2n) is 2.91. The molecule has 0 aromatic carbocycles. The lowest BCUT2D eigenvalue weighted by Crippen LogP contribution is -1.97. The van der Waals surface area contributed by atoms with Gasteiger partial charge in [0, 0.05) is 6.20 Å². The van der Waals surface area contributed by atoms with Gasteiger partial charge in [-0.1, -0.05) is 11.8 Å². The zero-order valence-corrected chi connectivity index (χ0v) is 8.50. The van der Waals surface area contributed by atoms with Crippen LogP contribution >= 0.6 is 0 Å². The minimum absolute atomic E-state index is 0.0517. The Kier molecular flexibility index (Phi) is 3.81. The van der Waals surface area contributed by atoms with Gasteiger partial charge in [0.1, 0.15) is 6.42 Å². The van der Waals surface area contributed by atoms with E-state index in [0.717, 1.165) is 5.56 Å². The molecule has 0 unspecified atom stereocenters. The molecule has 4 heteroatoms. The van der Waals surface area contributed by atoms with Crippen molar-refractivity contribution < 1.29 is 13.9 Å². The summed E-state index contributed by atoms with van der Waals surface area (Å²) < 4.78 is 17.4. The number of carbonyl (C=O) groups is 1. The van der Waals surface area contributed by atoms with Crippen molar-refractivity contribution in [2.75, 3.05) is 7.11 Å². The lowest BCUT2D eigenvalue weighted by molar-refractivity contribution is -0.139. The Morgan fingerprint density at radius 1 is 1.67 bits per heavy atom. The zero-order valence-electron chi connectivity index (χ0n) is 8.50. The maximum Gasteiger partial charge on any atom is 0.317 e. The highest BCUT2D eigenvalue weighted by Gasteiger charge is 2.00. The topological polar surface area (TPSA) is 39.2 Å². The summed E-state index contributed by atoms with van der Waals surface area (Å²) in [6, 6.07) is 1.58. The largest absolute Gasteiger partial charge is 0.468 e. The molecule has 1 aromatic rings. The molecule has 0 amide bonds. The Balaban J connectivity index is 2.79. The molecule has 0 radical (unpaired) electrons. The molecule has 0 fully saturated rings. The lowest BCUT2D eigenvalue weighted by Gasteiger charge is -1.94. The number of hydrogen-bond acceptors (Lipinski definition) is 3. The van der Waals surface area contributed by atoms with Crippen LogP contribution in [-0.4, -0.2) is 18.1 Å². The second kappa shape index (κ2) is 5.11. The first-order chi connectivity index (χ1) is 7.13. The van der Waals surface area contributed by atoms with Crippen molar-refractivity contribution in [3.63, 3.8) is 0 Å². The van der Waals surface area contributed by atoms with Crippen molar-refractivity contribution in [2.45, 2.75) is 13.3 Å². The quantitative estimate of drug-likeness (QED) is 0.397. The number of halogens is 1. The van der Waals surface area contributed by atoms with E-state index < -0.39 is 11.9 Å². The number of esters is 1. The van der Waals surface area contributed by atoms with E-state index in [9.17, 15) is 9.18 Å². The number of pyridine rings is 1. The van der Waals surface area contributed by atoms with E-state index in [1.165, 1.54) is 13.3 Å². The number of rotatable bonds is 1. The predicted octanol–water partition coefficient (Wildman–Crippen LogP) is 1.44. The number of aromatic nitrogens is 1. The van der Waals surface area contributed by atoms with Crippen LogP contribution in [0.25, 0.3) is 0 Å². The third kappa shape index (κ3) is 3.39. The van der Waals surface area contributed by atoms with Crippen LogP contribution in [0.2, 0.25) is 0 Å². The molecule has 15 heavy (non-hydrogen) atoms. The van der Waals surface area contributed by atoms with Crippen molar-refractivity contribution in [3.05, 3.63) is 29.3 Å². The van der Waals surface area contributed by atoms with E-state index in [0.29, 0.717) is 0 Å². The SMILES string of the molecule is COC(=O)CC#Cc1cc(C)cnc1F. The minimum Gasteiger partial charge on any atom is -0.468 e. The smallest absolute Gasteiger partial charge is 0.317 e. The standard InChI is InChI=1S/C11H10FNO2/c1-8-6-9(11(12)13-7-8)4-3-5-10(14)15-2/h6-7H,5H2,1-2H3. The van der Waals surface area contributed by atoms with E-state index in [1.54, 1.807) is 13.0 Å². The molecular formula is C11H10FNO2. The minimum atomic E-state index is -0.627. The summed E-state index contributed by atoms with van der Waals surface area (Å²) in [6.07, 6.45) is 1.37. The molecule has 1 heterocycles. The van der Waals surface area contributed by atoms with Gasteiger partial charge < -0.3 is 4.74 Å². The molecule has 0 aliphatic heterocycles. The van der Waals surface area contributed by atoms with Crippen LogP contribution in [0.4, 0.5) is 4.39 Å². The highest BCUT2D eigenvalue weighted by atomic mass is 19.1. The summed E-state index contributed by atoms with van der Waals surface area (Å²) >= 11 is 0. The molecule has 1 rings (SSSR count). The normalized spacial score (nSPS) is 9.00. The molecular weight excluding hydrogens is 197 g/mol.